The molecule has 0 saturated heterocycles. The quantitative estimate of drug-likeness (QED) is 0.788. The van der Waals surface area contributed by atoms with Gasteiger partial charge in [0, 0.05) is 19.6 Å². The number of hydrogen-bond donors (Lipinski definition) is 0. The molecular weight excluding hydrogens is 262 g/mol. The van der Waals surface area contributed by atoms with Gasteiger partial charge in [-0.2, -0.15) is 0 Å². The molecule has 2 aromatic rings. The number of ketones is 1. The molecule has 0 bridgehead atoms. The molecule has 3 nitrogen and oxygen atoms in total. The Labute approximate surface area is 125 Å². The van der Waals surface area contributed by atoms with Crippen LogP contribution in [-0.4, -0.2) is 23.8 Å². The van der Waals surface area contributed by atoms with Crippen molar-refractivity contribution in [3.05, 3.63) is 65.2 Å². The number of Topliss-reactive ketones (excluding diaryl/α,β-unsaturated/α-hetero) is 1. The minimum Gasteiger partial charge on any atom is -0.491 e. The summed E-state index contributed by atoms with van der Waals surface area (Å²) >= 11 is 0. The van der Waals surface area contributed by atoms with E-state index in [1.165, 1.54) is 11.1 Å². The van der Waals surface area contributed by atoms with Crippen LogP contribution in [-0.2, 0) is 13.1 Å². The van der Waals surface area contributed by atoms with Crippen LogP contribution in [0.15, 0.2) is 48.5 Å². The number of carbonyl (C=O) groups excluding carboxylic acids is 1. The van der Waals surface area contributed by atoms with Crippen LogP contribution in [0.25, 0.3) is 0 Å². The number of nitrogens with zero attached hydrogens (tertiary/aromatic N) is 1. The van der Waals surface area contributed by atoms with Crippen molar-refractivity contribution in [2.45, 2.75) is 20.0 Å². The van der Waals surface area contributed by atoms with Gasteiger partial charge in [-0.25, -0.2) is 0 Å². The highest BCUT2D eigenvalue weighted by atomic mass is 16.5. The molecule has 0 atom stereocenters. The third-order valence-corrected chi connectivity index (χ3v) is 3.84. The first-order valence-electron chi connectivity index (χ1n) is 7.26. The maximum absolute atomic E-state index is 11.5. The molecule has 0 aromatic heterocycles. The highest BCUT2D eigenvalue weighted by Crippen LogP contribution is 2.22. The Hall–Kier alpha value is -2.13. The van der Waals surface area contributed by atoms with E-state index in [-0.39, 0.29) is 5.78 Å². The summed E-state index contributed by atoms with van der Waals surface area (Å²) in [5.41, 5.74) is 3.46. The molecule has 0 N–H and O–H groups in total. The molecule has 108 valence electrons. The second-order valence-electron chi connectivity index (χ2n) is 5.38. The summed E-state index contributed by atoms with van der Waals surface area (Å²) in [6.45, 7) is 4.99. The predicted molar refractivity (Wildman–Crippen MR) is 82.5 cm³/mol. The molecule has 2 aromatic carbocycles. The Bertz CT molecular complexity index is 626. The zero-order chi connectivity index (χ0) is 14.7. The van der Waals surface area contributed by atoms with E-state index in [0.29, 0.717) is 17.9 Å². The average molecular weight is 281 g/mol. The summed E-state index contributed by atoms with van der Waals surface area (Å²) in [5.74, 6) is 0.723. The summed E-state index contributed by atoms with van der Waals surface area (Å²) in [4.78, 5) is 13.9. The fourth-order valence-electron chi connectivity index (χ4n) is 2.73. The molecule has 0 unspecified atom stereocenters. The monoisotopic (exact) mass is 281 g/mol. The highest BCUT2D eigenvalue weighted by molar-refractivity contribution is 5.96. The molecule has 0 amide bonds. The maximum Gasteiger partial charge on any atom is 0.163 e. The van der Waals surface area contributed by atoms with E-state index in [1.54, 1.807) is 6.92 Å². The largest absolute Gasteiger partial charge is 0.491 e. The zero-order valence-corrected chi connectivity index (χ0v) is 12.2. The van der Waals surface area contributed by atoms with Gasteiger partial charge in [-0.1, -0.05) is 36.4 Å². The SMILES string of the molecule is CC(=O)c1ccccc1OCCN1Cc2ccccc2C1. The van der Waals surface area contributed by atoms with Crippen LogP contribution in [0, 0.1) is 0 Å². The maximum atomic E-state index is 11.5. The first kappa shape index (κ1) is 13.8. The van der Waals surface area contributed by atoms with Crippen LogP contribution in [0.2, 0.25) is 0 Å². The Morgan fingerprint density at radius 1 is 1.05 bits per heavy atom. The van der Waals surface area contributed by atoms with Gasteiger partial charge < -0.3 is 4.74 Å². The van der Waals surface area contributed by atoms with Crippen molar-refractivity contribution in [2.75, 3.05) is 13.2 Å². The number of fused-ring (bicyclic) bond motifs is 1. The van der Waals surface area contributed by atoms with Gasteiger partial charge in [0.1, 0.15) is 12.4 Å². The topological polar surface area (TPSA) is 29.5 Å². The summed E-state index contributed by atoms with van der Waals surface area (Å²) in [5, 5.41) is 0. The average Bonchev–Trinajstić information content (AvgIpc) is 2.90. The fraction of sp³-hybridized carbons (Fsp3) is 0.278. The molecule has 0 saturated carbocycles. The van der Waals surface area contributed by atoms with Gasteiger partial charge in [0.15, 0.2) is 5.78 Å². The van der Waals surface area contributed by atoms with Crippen molar-refractivity contribution in [2.24, 2.45) is 0 Å². The van der Waals surface area contributed by atoms with Gasteiger partial charge in [-0.05, 0) is 30.2 Å². The number of benzene rings is 2. The first-order chi connectivity index (χ1) is 10.2. The van der Waals surface area contributed by atoms with Gasteiger partial charge in [-0.3, -0.25) is 9.69 Å². The van der Waals surface area contributed by atoms with Crippen LogP contribution >= 0.6 is 0 Å². The van der Waals surface area contributed by atoms with E-state index in [9.17, 15) is 4.79 Å². The number of para-hydroxylation sites is 1. The van der Waals surface area contributed by atoms with Crippen LogP contribution in [0.3, 0.4) is 0 Å². The Kier molecular flexibility index (Phi) is 4.02. The summed E-state index contributed by atoms with van der Waals surface area (Å²) in [6, 6.07) is 16.0. The van der Waals surface area contributed by atoms with E-state index in [4.69, 9.17) is 4.74 Å². The van der Waals surface area contributed by atoms with Gasteiger partial charge >= 0.3 is 0 Å². The van der Waals surface area contributed by atoms with Gasteiger partial charge in [0.25, 0.3) is 0 Å². The molecule has 1 aliphatic rings. The molecular formula is C18H19NO2. The van der Waals surface area contributed by atoms with Crippen molar-refractivity contribution in [3.63, 3.8) is 0 Å². The number of carbonyl (C=O) groups is 1. The van der Waals surface area contributed by atoms with Gasteiger partial charge in [0.2, 0.25) is 0 Å². The summed E-state index contributed by atoms with van der Waals surface area (Å²) < 4.78 is 5.80. The van der Waals surface area contributed by atoms with Gasteiger partial charge in [0.05, 0.1) is 5.56 Å². The van der Waals surface area contributed by atoms with Crippen molar-refractivity contribution in [3.8, 4) is 5.75 Å². The lowest BCUT2D eigenvalue weighted by Gasteiger charge is -2.16. The normalized spacial score (nSPS) is 14.0. The minimum absolute atomic E-state index is 0.0409. The summed E-state index contributed by atoms with van der Waals surface area (Å²) in [6.07, 6.45) is 0. The van der Waals surface area contributed by atoms with Crippen LogP contribution in [0.5, 0.6) is 5.75 Å². The third kappa shape index (κ3) is 3.14. The van der Waals surface area contributed by atoms with Crippen molar-refractivity contribution in [1.29, 1.82) is 0 Å². The Morgan fingerprint density at radius 3 is 2.33 bits per heavy atom. The van der Waals surface area contributed by atoms with Gasteiger partial charge in [-0.15, -0.1) is 0 Å². The lowest BCUT2D eigenvalue weighted by Crippen LogP contribution is -2.23. The first-order valence-corrected chi connectivity index (χ1v) is 7.26. The Balaban J connectivity index is 1.55. The van der Waals surface area contributed by atoms with Crippen LogP contribution in [0.1, 0.15) is 28.4 Å². The van der Waals surface area contributed by atoms with E-state index in [1.807, 2.05) is 24.3 Å². The molecule has 21 heavy (non-hydrogen) atoms. The second kappa shape index (κ2) is 6.10. The molecule has 0 aliphatic carbocycles. The lowest BCUT2D eigenvalue weighted by atomic mass is 10.1. The number of hydrogen-bond acceptors (Lipinski definition) is 3. The summed E-state index contributed by atoms with van der Waals surface area (Å²) in [7, 11) is 0. The second-order valence-corrected chi connectivity index (χ2v) is 5.38. The lowest BCUT2D eigenvalue weighted by molar-refractivity contribution is 0.101. The van der Waals surface area contributed by atoms with Crippen LogP contribution < -0.4 is 4.74 Å². The standard InChI is InChI=1S/C18H19NO2/c1-14(20)17-8-4-5-9-18(17)21-11-10-19-12-15-6-2-3-7-16(15)13-19/h2-9H,10-13H2,1H3. The van der Waals surface area contributed by atoms with Crippen LogP contribution in [0.4, 0.5) is 0 Å². The molecule has 0 fully saturated rings. The Morgan fingerprint density at radius 2 is 1.67 bits per heavy atom. The number of rotatable bonds is 5. The molecule has 3 heteroatoms. The molecule has 1 aliphatic heterocycles. The minimum atomic E-state index is 0.0409. The third-order valence-electron chi connectivity index (χ3n) is 3.84. The van der Waals surface area contributed by atoms with E-state index in [2.05, 4.69) is 29.2 Å². The molecule has 3 rings (SSSR count). The fourth-order valence-corrected chi connectivity index (χ4v) is 2.73. The number of ether oxygens (including phenoxy) is 1. The van der Waals surface area contributed by atoms with Crippen molar-refractivity contribution >= 4 is 5.78 Å². The van der Waals surface area contributed by atoms with E-state index >= 15 is 0 Å². The van der Waals surface area contributed by atoms with Crippen molar-refractivity contribution < 1.29 is 9.53 Å². The molecule has 1 heterocycles. The zero-order valence-electron chi connectivity index (χ0n) is 12.2. The predicted octanol–water partition coefficient (Wildman–Crippen LogP) is 3.28. The van der Waals surface area contributed by atoms with E-state index < -0.39 is 0 Å². The molecule has 0 radical (unpaired) electrons. The van der Waals surface area contributed by atoms with Crippen molar-refractivity contribution in [1.82, 2.24) is 4.90 Å². The van der Waals surface area contributed by atoms with E-state index in [0.717, 1.165) is 19.6 Å². The smallest absolute Gasteiger partial charge is 0.163 e. The molecule has 0 spiro atoms. The highest BCUT2D eigenvalue weighted by Gasteiger charge is 2.17.